The molecule has 7 nitrogen and oxygen atoms in total. The van der Waals surface area contributed by atoms with E-state index in [2.05, 4.69) is 45.4 Å². The number of nitrogens with zero attached hydrogens (tertiary/aromatic N) is 3. The number of esters is 1. The number of hydrogen-bond donors (Lipinski definition) is 1. The van der Waals surface area contributed by atoms with Crippen molar-refractivity contribution < 1.29 is 14.3 Å². The van der Waals surface area contributed by atoms with Crippen LogP contribution in [0.5, 0.6) is 0 Å². The van der Waals surface area contributed by atoms with Crippen LogP contribution in [0.15, 0.2) is 22.7 Å². The van der Waals surface area contributed by atoms with Crippen LogP contribution >= 0.6 is 34.4 Å². The lowest BCUT2D eigenvalue weighted by atomic mass is 10.2. The van der Waals surface area contributed by atoms with Crippen LogP contribution in [0.3, 0.4) is 0 Å². The molecule has 0 spiro atoms. The maximum Gasteiger partial charge on any atom is 0.340 e. The zero-order valence-electron chi connectivity index (χ0n) is 18.8. The molecule has 0 unspecified atom stereocenters. The minimum absolute atomic E-state index is 0.173. The van der Waals surface area contributed by atoms with Gasteiger partial charge in [0, 0.05) is 27.2 Å². The molecule has 0 aliphatic heterocycles. The molecular weight excluding hydrogens is 464 g/mol. The maximum atomic E-state index is 12.6. The zero-order chi connectivity index (χ0) is 23.1. The van der Waals surface area contributed by atoms with E-state index in [1.807, 2.05) is 6.92 Å². The van der Waals surface area contributed by atoms with E-state index in [4.69, 9.17) is 4.74 Å². The highest BCUT2D eigenvalue weighted by atomic mass is 32.2. The molecule has 172 valence electrons. The summed E-state index contributed by atoms with van der Waals surface area (Å²) >= 11 is 4.49. The fraction of sp³-hybridized carbons (Fsp3) is 0.455. The molecule has 10 heteroatoms. The van der Waals surface area contributed by atoms with E-state index in [0.29, 0.717) is 15.7 Å². The molecule has 0 fully saturated rings. The van der Waals surface area contributed by atoms with Crippen LogP contribution in [0.4, 0.5) is 5.00 Å². The molecule has 1 amide bonds. The van der Waals surface area contributed by atoms with Crippen LogP contribution in [-0.4, -0.2) is 39.5 Å². The second-order valence-electron chi connectivity index (χ2n) is 7.15. The minimum atomic E-state index is -0.450. The molecule has 32 heavy (non-hydrogen) atoms. The molecular formula is C22H28N4O3S3. The molecule has 0 saturated carbocycles. The number of ether oxygens (including phenoxy) is 1. The highest BCUT2D eigenvalue weighted by Crippen LogP contribution is 2.31. The fourth-order valence-electron chi connectivity index (χ4n) is 3.17. The third-order valence-corrected chi connectivity index (χ3v) is 7.85. The Kier molecular flexibility index (Phi) is 8.89. The molecule has 3 aromatic rings. The normalized spacial score (nSPS) is 11.0. The summed E-state index contributed by atoms with van der Waals surface area (Å²) in [4.78, 5) is 27.0. The summed E-state index contributed by atoms with van der Waals surface area (Å²) in [6.07, 6.45) is 3.89. The lowest BCUT2D eigenvalue weighted by Crippen LogP contribution is -2.16. The van der Waals surface area contributed by atoms with E-state index in [0.717, 1.165) is 48.5 Å². The first-order valence-electron chi connectivity index (χ1n) is 10.6. The number of anilines is 1. The number of methoxy groups -OCH3 is 1. The van der Waals surface area contributed by atoms with Crippen molar-refractivity contribution in [3.05, 3.63) is 32.8 Å². The second kappa shape index (κ2) is 11.6. The Balaban J connectivity index is 1.71. The van der Waals surface area contributed by atoms with Crippen molar-refractivity contribution in [3.63, 3.8) is 0 Å². The Morgan fingerprint density at radius 3 is 2.66 bits per heavy atom. The molecule has 0 saturated heterocycles. The van der Waals surface area contributed by atoms with Crippen LogP contribution in [-0.2, 0) is 28.9 Å². The predicted octanol–water partition coefficient (Wildman–Crippen LogP) is 5.51. The molecule has 0 radical (unpaired) electrons. The first-order chi connectivity index (χ1) is 15.5. The average molecular weight is 493 g/mol. The van der Waals surface area contributed by atoms with E-state index in [9.17, 15) is 9.59 Å². The van der Waals surface area contributed by atoms with Crippen LogP contribution in [0.25, 0.3) is 11.4 Å². The quantitative estimate of drug-likeness (QED) is 0.281. The van der Waals surface area contributed by atoms with Crippen molar-refractivity contribution in [1.82, 2.24) is 14.8 Å². The van der Waals surface area contributed by atoms with Gasteiger partial charge in [0.15, 0.2) is 11.0 Å². The van der Waals surface area contributed by atoms with Gasteiger partial charge in [0.2, 0.25) is 5.91 Å². The van der Waals surface area contributed by atoms with Crippen molar-refractivity contribution in [2.45, 2.75) is 58.2 Å². The molecule has 3 heterocycles. The Hall–Kier alpha value is -2.17. The van der Waals surface area contributed by atoms with Crippen molar-refractivity contribution in [1.29, 1.82) is 0 Å². The number of aromatic nitrogens is 3. The van der Waals surface area contributed by atoms with Crippen molar-refractivity contribution >= 4 is 51.3 Å². The molecule has 3 rings (SSSR count). The SMILES string of the molecule is CCCc1cc(-c2nnc(SCC(=O)Nc3sc(CC)cc3C(=O)OC)n2CCC)cs1. The lowest BCUT2D eigenvalue weighted by molar-refractivity contribution is -0.113. The zero-order valence-corrected chi connectivity index (χ0v) is 21.2. The summed E-state index contributed by atoms with van der Waals surface area (Å²) in [5.74, 6) is 0.367. The van der Waals surface area contributed by atoms with E-state index >= 15 is 0 Å². The Morgan fingerprint density at radius 1 is 1.16 bits per heavy atom. The topological polar surface area (TPSA) is 86.1 Å². The van der Waals surface area contributed by atoms with Crippen molar-refractivity contribution in [2.24, 2.45) is 0 Å². The van der Waals surface area contributed by atoms with E-state index in [1.165, 1.54) is 35.1 Å². The maximum absolute atomic E-state index is 12.6. The number of nitrogens with one attached hydrogen (secondary N) is 1. The number of aryl methyl sites for hydroxylation is 2. The molecule has 0 aliphatic rings. The fourth-order valence-corrected chi connectivity index (χ4v) is 5.91. The van der Waals surface area contributed by atoms with E-state index in [1.54, 1.807) is 17.4 Å². The number of thioether (sulfide) groups is 1. The molecule has 3 aromatic heterocycles. The molecule has 0 aromatic carbocycles. The number of thiophene rings is 2. The molecule has 0 aliphatic carbocycles. The lowest BCUT2D eigenvalue weighted by Gasteiger charge is -2.08. The third kappa shape index (κ3) is 5.79. The first kappa shape index (κ1) is 24.5. The summed E-state index contributed by atoms with van der Waals surface area (Å²) in [6.45, 7) is 7.07. The Labute approximate surface area is 200 Å². The third-order valence-electron chi connectivity index (χ3n) is 4.69. The Morgan fingerprint density at radius 2 is 1.97 bits per heavy atom. The van der Waals surface area contributed by atoms with Crippen LogP contribution in [0.1, 0.15) is 53.7 Å². The summed E-state index contributed by atoms with van der Waals surface area (Å²) in [5.41, 5.74) is 1.47. The van der Waals surface area contributed by atoms with Gasteiger partial charge in [0.1, 0.15) is 5.00 Å². The molecule has 1 N–H and O–H groups in total. The van der Waals surface area contributed by atoms with Gasteiger partial charge in [-0.2, -0.15) is 0 Å². The number of rotatable bonds is 11. The van der Waals surface area contributed by atoms with Gasteiger partial charge in [0.25, 0.3) is 0 Å². The largest absolute Gasteiger partial charge is 0.465 e. The summed E-state index contributed by atoms with van der Waals surface area (Å²) in [5, 5.41) is 15.0. The highest BCUT2D eigenvalue weighted by Gasteiger charge is 2.20. The number of amides is 1. The monoisotopic (exact) mass is 492 g/mol. The number of carbonyl (C=O) groups is 2. The minimum Gasteiger partial charge on any atom is -0.465 e. The van der Waals surface area contributed by atoms with Gasteiger partial charge in [-0.05, 0) is 31.4 Å². The van der Waals surface area contributed by atoms with E-state index in [-0.39, 0.29) is 11.7 Å². The van der Waals surface area contributed by atoms with E-state index < -0.39 is 5.97 Å². The van der Waals surface area contributed by atoms with Gasteiger partial charge in [-0.3, -0.25) is 4.79 Å². The number of carbonyl (C=O) groups excluding carboxylic acids is 2. The smallest absolute Gasteiger partial charge is 0.340 e. The average Bonchev–Trinajstić information content (AvgIpc) is 3.51. The second-order valence-corrected chi connectivity index (χ2v) is 10.2. The summed E-state index contributed by atoms with van der Waals surface area (Å²) < 4.78 is 6.92. The van der Waals surface area contributed by atoms with Gasteiger partial charge in [-0.1, -0.05) is 39.0 Å². The first-order valence-corrected chi connectivity index (χ1v) is 13.3. The molecule has 0 atom stereocenters. The standard InChI is InChI=1S/C22H28N4O3S3/c1-5-8-16-10-14(12-30-16)19-24-25-22(26(19)9-6-2)31-13-18(27)23-20-17(21(28)29-4)11-15(7-3)32-20/h10-12H,5-9,13H2,1-4H3,(H,23,27). The molecule has 0 bridgehead atoms. The summed E-state index contributed by atoms with van der Waals surface area (Å²) in [7, 11) is 1.34. The summed E-state index contributed by atoms with van der Waals surface area (Å²) in [6, 6.07) is 3.96. The number of hydrogen-bond acceptors (Lipinski definition) is 8. The van der Waals surface area contributed by atoms with Crippen molar-refractivity contribution in [3.8, 4) is 11.4 Å². The highest BCUT2D eigenvalue weighted by molar-refractivity contribution is 7.99. The predicted molar refractivity (Wildman–Crippen MR) is 132 cm³/mol. The van der Waals surface area contributed by atoms with Crippen molar-refractivity contribution in [2.75, 3.05) is 18.2 Å². The van der Waals surface area contributed by atoms with Crippen LogP contribution in [0, 0.1) is 0 Å². The van der Waals surface area contributed by atoms with Crippen LogP contribution < -0.4 is 5.32 Å². The van der Waals surface area contributed by atoms with Crippen LogP contribution in [0.2, 0.25) is 0 Å². The Bertz CT molecular complexity index is 1070. The van der Waals surface area contributed by atoms with Gasteiger partial charge in [0.05, 0.1) is 18.4 Å². The van der Waals surface area contributed by atoms with Gasteiger partial charge in [-0.15, -0.1) is 32.9 Å². The van der Waals surface area contributed by atoms with Gasteiger partial charge in [-0.25, -0.2) is 4.79 Å². The van der Waals surface area contributed by atoms with Gasteiger partial charge >= 0.3 is 5.97 Å². The van der Waals surface area contributed by atoms with Gasteiger partial charge < -0.3 is 14.6 Å².